The second-order valence-electron chi connectivity index (χ2n) is 7.01. The number of benzene rings is 1. The van der Waals surface area contributed by atoms with Crippen molar-refractivity contribution in [2.24, 2.45) is 0 Å². The summed E-state index contributed by atoms with van der Waals surface area (Å²) in [7, 11) is -3.60. The molecule has 0 unspecified atom stereocenters. The summed E-state index contributed by atoms with van der Waals surface area (Å²) < 4.78 is 34.1. The summed E-state index contributed by atoms with van der Waals surface area (Å²) in [6, 6.07) is 7.09. The van der Waals surface area contributed by atoms with Gasteiger partial charge in [0.25, 0.3) is 0 Å². The molecule has 0 saturated heterocycles. The Bertz CT molecular complexity index is 906. The number of sulfonamides is 1. The minimum atomic E-state index is -3.60. The van der Waals surface area contributed by atoms with Crippen LogP contribution in [0.1, 0.15) is 42.6 Å². The molecule has 1 aliphatic carbocycles. The van der Waals surface area contributed by atoms with Crippen LogP contribution in [-0.2, 0) is 10.0 Å². The van der Waals surface area contributed by atoms with Gasteiger partial charge >= 0.3 is 6.01 Å². The lowest BCUT2D eigenvalue weighted by Gasteiger charge is -2.29. The van der Waals surface area contributed by atoms with Crippen LogP contribution in [0.3, 0.4) is 0 Å². The van der Waals surface area contributed by atoms with E-state index in [1.165, 1.54) is 0 Å². The third kappa shape index (κ3) is 4.97. The van der Waals surface area contributed by atoms with Crippen molar-refractivity contribution >= 4 is 21.6 Å². The molecule has 0 radical (unpaired) electrons. The zero-order chi connectivity index (χ0) is 19.6. The molecule has 1 aromatic heterocycles. The molecule has 146 valence electrons. The van der Waals surface area contributed by atoms with E-state index in [0.717, 1.165) is 24.2 Å². The average molecular weight is 410 g/mol. The first-order valence-corrected chi connectivity index (χ1v) is 10.9. The van der Waals surface area contributed by atoms with Crippen LogP contribution in [0.15, 0.2) is 29.2 Å². The fraction of sp³-hybridized carbons (Fsp3) is 0.474. The lowest BCUT2D eigenvalue weighted by Crippen LogP contribution is -2.40. The zero-order valence-corrected chi connectivity index (χ0v) is 17.3. The Morgan fingerprint density at radius 3 is 2.33 bits per heavy atom. The second-order valence-corrected chi connectivity index (χ2v) is 9.10. The van der Waals surface area contributed by atoms with Crippen LogP contribution in [-0.4, -0.2) is 30.5 Å². The van der Waals surface area contributed by atoms with E-state index < -0.39 is 10.0 Å². The fourth-order valence-corrected chi connectivity index (χ4v) is 5.16. The molecule has 8 heteroatoms. The maximum Gasteiger partial charge on any atom is 0.317 e. The third-order valence-corrected chi connectivity index (χ3v) is 6.81. The van der Waals surface area contributed by atoms with Crippen LogP contribution < -0.4 is 9.46 Å². The lowest BCUT2D eigenvalue weighted by molar-refractivity contribution is 0.131. The van der Waals surface area contributed by atoms with Gasteiger partial charge in [0.2, 0.25) is 10.0 Å². The number of hydrogen-bond acceptors (Lipinski definition) is 5. The topological polar surface area (TPSA) is 81.2 Å². The average Bonchev–Trinajstić information content (AvgIpc) is 2.58. The molecule has 1 N–H and O–H groups in total. The van der Waals surface area contributed by atoms with Crippen LogP contribution in [0.5, 0.6) is 6.01 Å². The number of aryl methyl sites for hydroxylation is 2. The molecule has 0 atom stereocenters. The Kier molecular flexibility index (Phi) is 6.03. The summed E-state index contributed by atoms with van der Waals surface area (Å²) in [4.78, 5) is 8.85. The molecule has 0 aliphatic heterocycles. The molecule has 2 aromatic rings. The van der Waals surface area contributed by atoms with Gasteiger partial charge in [0.05, 0.1) is 4.90 Å². The van der Waals surface area contributed by atoms with Gasteiger partial charge in [-0.1, -0.05) is 17.7 Å². The molecule has 3 rings (SSSR count). The first kappa shape index (κ1) is 20.0. The minimum Gasteiger partial charge on any atom is -0.460 e. The van der Waals surface area contributed by atoms with Crippen molar-refractivity contribution in [1.82, 2.24) is 14.7 Å². The van der Waals surface area contributed by atoms with E-state index in [4.69, 9.17) is 16.3 Å². The SMILES string of the molecule is Cc1cc(C)nc(OC2CCC(NS(=O)(=O)c3cccc(Cl)c3C)CC2)n1. The molecule has 6 nitrogen and oxygen atoms in total. The van der Waals surface area contributed by atoms with Crippen molar-refractivity contribution < 1.29 is 13.2 Å². The normalized spacial score (nSPS) is 20.4. The van der Waals surface area contributed by atoms with Crippen molar-refractivity contribution in [3.63, 3.8) is 0 Å². The summed E-state index contributed by atoms with van der Waals surface area (Å²) in [5, 5.41) is 0.448. The summed E-state index contributed by atoms with van der Waals surface area (Å²) in [6.07, 6.45) is 2.90. The van der Waals surface area contributed by atoms with Crippen LogP contribution in [0.25, 0.3) is 0 Å². The van der Waals surface area contributed by atoms with Crippen molar-refractivity contribution in [2.75, 3.05) is 0 Å². The highest BCUT2D eigenvalue weighted by Crippen LogP contribution is 2.26. The van der Waals surface area contributed by atoms with Crippen molar-refractivity contribution in [3.05, 3.63) is 46.2 Å². The van der Waals surface area contributed by atoms with E-state index in [2.05, 4.69) is 14.7 Å². The van der Waals surface area contributed by atoms with E-state index in [-0.39, 0.29) is 17.0 Å². The van der Waals surface area contributed by atoms with Crippen molar-refractivity contribution in [2.45, 2.75) is 63.5 Å². The zero-order valence-electron chi connectivity index (χ0n) is 15.7. The minimum absolute atomic E-state index is 0.000130. The number of nitrogens with one attached hydrogen (secondary N) is 1. The Morgan fingerprint density at radius 1 is 1.07 bits per heavy atom. The molecule has 0 spiro atoms. The highest BCUT2D eigenvalue weighted by atomic mass is 35.5. The van der Waals surface area contributed by atoms with E-state index in [1.54, 1.807) is 25.1 Å². The number of aromatic nitrogens is 2. The molecule has 1 heterocycles. The molecule has 0 bridgehead atoms. The Morgan fingerprint density at radius 2 is 1.70 bits per heavy atom. The fourth-order valence-electron chi connectivity index (χ4n) is 3.36. The summed E-state index contributed by atoms with van der Waals surface area (Å²) in [6.45, 7) is 5.53. The molecule has 27 heavy (non-hydrogen) atoms. The van der Waals surface area contributed by atoms with Gasteiger partial charge in [0.15, 0.2) is 0 Å². The third-order valence-electron chi connectivity index (χ3n) is 4.74. The van der Waals surface area contributed by atoms with E-state index in [0.29, 0.717) is 29.4 Å². The second kappa shape index (κ2) is 8.12. The predicted octanol–water partition coefficient (Wildman–Crippen LogP) is 3.72. The highest BCUT2D eigenvalue weighted by molar-refractivity contribution is 7.89. The molecular weight excluding hydrogens is 386 g/mol. The Hall–Kier alpha value is -1.70. The summed E-state index contributed by atoms with van der Waals surface area (Å²) in [5.74, 6) is 0. The van der Waals surface area contributed by atoms with Crippen molar-refractivity contribution in [1.29, 1.82) is 0 Å². The van der Waals surface area contributed by atoms with Gasteiger partial charge in [0, 0.05) is 22.5 Å². The summed E-state index contributed by atoms with van der Waals surface area (Å²) in [5.41, 5.74) is 2.31. The van der Waals surface area contributed by atoms with Crippen molar-refractivity contribution in [3.8, 4) is 6.01 Å². The van der Waals surface area contributed by atoms with Gasteiger partial charge in [-0.25, -0.2) is 23.1 Å². The molecule has 0 amide bonds. The number of hydrogen-bond donors (Lipinski definition) is 1. The number of ether oxygens (including phenoxy) is 1. The summed E-state index contributed by atoms with van der Waals surface area (Å²) >= 11 is 6.06. The quantitative estimate of drug-likeness (QED) is 0.813. The largest absolute Gasteiger partial charge is 0.460 e. The predicted molar refractivity (Wildman–Crippen MR) is 105 cm³/mol. The maximum absolute atomic E-state index is 12.7. The highest BCUT2D eigenvalue weighted by Gasteiger charge is 2.28. The van der Waals surface area contributed by atoms with Crippen LogP contribution in [0.2, 0.25) is 5.02 Å². The molecule has 1 fully saturated rings. The van der Waals surface area contributed by atoms with Gasteiger partial charge in [-0.15, -0.1) is 0 Å². The molecular formula is C19H24ClN3O3S. The molecule has 1 saturated carbocycles. The lowest BCUT2D eigenvalue weighted by atomic mass is 9.94. The maximum atomic E-state index is 12.7. The standard InChI is InChI=1S/C19H24ClN3O3S/c1-12-11-13(2)22-19(21-12)26-16-9-7-15(8-10-16)23-27(24,25)18-6-4-5-17(20)14(18)3/h4-6,11,15-16,23H,7-10H2,1-3H3. The van der Waals surface area contributed by atoms with E-state index in [1.807, 2.05) is 19.9 Å². The molecule has 1 aromatic carbocycles. The first-order valence-electron chi connectivity index (χ1n) is 9.01. The Labute approximate surface area is 165 Å². The van der Waals surface area contributed by atoms with E-state index >= 15 is 0 Å². The smallest absolute Gasteiger partial charge is 0.317 e. The van der Waals surface area contributed by atoms with Gasteiger partial charge in [-0.2, -0.15) is 0 Å². The number of nitrogens with zero attached hydrogens (tertiary/aromatic N) is 2. The number of rotatable bonds is 5. The van der Waals surface area contributed by atoms with E-state index in [9.17, 15) is 8.42 Å². The van der Waals surface area contributed by atoms with Gasteiger partial charge in [0.1, 0.15) is 6.10 Å². The first-order chi connectivity index (χ1) is 12.7. The van der Waals surface area contributed by atoms with Gasteiger partial charge < -0.3 is 4.74 Å². The Balaban J connectivity index is 1.60. The van der Waals surface area contributed by atoms with Crippen LogP contribution >= 0.6 is 11.6 Å². The van der Waals surface area contributed by atoms with Crippen LogP contribution in [0.4, 0.5) is 0 Å². The molecule has 1 aliphatic rings. The number of halogens is 1. The monoisotopic (exact) mass is 409 g/mol. The van der Waals surface area contributed by atoms with Gasteiger partial charge in [-0.05, 0) is 70.2 Å². The van der Waals surface area contributed by atoms with Crippen LogP contribution in [0, 0.1) is 20.8 Å². The van der Waals surface area contributed by atoms with Gasteiger partial charge in [-0.3, -0.25) is 0 Å².